The summed E-state index contributed by atoms with van der Waals surface area (Å²) in [7, 11) is 7.51. The zero-order chi connectivity index (χ0) is 78.3. The highest BCUT2D eigenvalue weighted by Crippen LogP contribution is 2.30. The van der Waals surface area contributed by atoms with E-state index in [1.807, 2.05) is 99.2 Å². The van der Waals surface area contributed by atoms with Gasteiger partial charge in [0.25, 0.3) is 35.4 Å². The van der Waals surface area contributed by atoms with Crippen LogP contribution in [0.1, 0.15) is 133 Å². The molecule has 2 atom stereocenters. The topological polar surface area (TPSA) is 483 Å². The van der Waals surface area contributed by atoms with Crippen LogP contribution in [0.5, 0.6) is 0 Å². The number of aliphatic hydroxyl groups is 2. The van der Waals surface area contributed by atoms with Crippen molar-refractivity contribution in [2.75, 3.05) is 127 Å². The zero-order valence-corrected chi connectivity index (χ0v) is 62.1. The van der Waals surface area contributed by atoms with E-state index in [4.69, 9.17) is 62.4 Å². The third kappa shape index (κ3) is 25.0. The quantitative estimate of drug-likeness (QED) is 0.0253. The molecule has 1 aliphatic rings. The summed E-state index contributed by atoms with van der Waals surface area (Å²) in [5.74, 6) is -1.15. The molecule has 7 aromatic carbocycles. The van der Waals surface area contributed by atoms with Crippen molar-refractivity contribution in [3.8, 4) is 0 Å². The van der Waals surface area contributed by atoms with Crippen LogP contribution in [0.25, 0.3) is 10.9 Å². The number of benzene rings is 7. The van der Waals surface area contributed by atoms with Gasteiger partial charge in [0.1, 0.15) is 5.82 Å². The Morgan fingerprint density at radius 1 is 0.575 bits per heavy atom. The molecule has 0 aliphatic carbocycles. The van der Waals surface area contributed by atoms with Gasteiger partial charge in [-0.3, -0.25) is 33.8 Å². The molecule has 10 rings (SSSR count). The number of rotatable bonds is 24. The van der Waals surface area contributed by atoms with Gasteiger partial charge in [0.05, 0.1) is 64.0 Å². The molecule has 0 saturated carbocycles. The number of carbonyl (C=O) groups is 6. The van der Waals surface area contributed by atoms with Crippen molar-refractivity contribution >= 4 is 115 Å². The molecule has 2 unspecified atom stereocenters. The molecule has 1 fully saturated rings. The molecule has 1 aliphatic heterocycles. The number of imidazole rings is 1. The van der Waals surface area contributed by atoms with E-state index >= 15 is 0 Å². The van der Waals surface area contributed by atoms with E-state index in [9.17, 15) is 33.9 Å². The number of fused-ring (bicyclic) bond motifs is 1. The zero-order valence-electron chi connectivity index (χ0n) is 62.1. The highest BCUT2D eigenvalue weighted by molar-refractivity contribution is 6.04. The number of likely N-dealkylation sites (tertiary alicyclic amines) is 1. The highest BCUT2D eigenvalue weighted by Gasteiger charge is 2.30. The maximum absolute atomic E-state index is 12.3. The van der Waals surface area contributed by atoms with Gasteiger partial charge in [0, 0.05) is 160 Å². The summed E-state index contributed by atoms with van der Waals surface area (Å²) < 4.78 is 1.94. The molecule has 0 radical (unpaired) electrons. The van der Waals surface area contributed by atoms with Crippen molar-refractivity contribution in [3.05, 3.63) is 203 Å². The number of hydrogen-bond acceptors (Lipinski definition) is 21. The summed E-state index contributed by atoms with van der Waals surface area (Å²) in [5, 5.41) is 28.4. The predicted octanol–water partition coefficient (Wildman–Crippen LogP) is 8.24. The minimum atomic E-state index is -0.530. The van der Waals surface area contributed by atoms with Crippen LogP contribution >= 0.6 is 0 Å². The number of nitrogens with one attached hydrogen (secondary N) is 3. The van der Waals surface area contributed by atoms with E-state index in [-0.39, 0.29) is 31.1 Å². The van der Waals surface area contributed by atoms with Crippen LogP contribution in [0.15, 0.2) is 158 Å². The number of likely N-dealkylation sites (N-methyl/N-ethyl adjacent to an activating group) is 1. The first-order valence-corrected chi connectivity index (χ1v) is 34.8. The Kier molecular flexibility index (Phi) is 33.2. The second-order valence-corrected chi connectivity index (χ2v) is 25.4. The largest absolute Gasteiger partial charge is 0.399 e. The Hall–Kier alpha value is -12.3. The van der Waals surface area contributed by atoms with Crippen LogP contribution in [-0.2, 0) is 13.5 Å². The van der Waals surface area contributed by atoms with E-state index in [0.717, 1.165) is 96.8 Å². The smallest absolute Gasteiger partial charge is 0.254 e. The van der Waals surface area contributed by atoms with Gasteiger partial charge in [0.15, 0.2) is 0 Å². The average Bonchev–Trinajstić information content (AvgIpc) is 1.55. The van der Waals surface area contributed by atoms with Gasteiger partial charge < -0.3 is 108 Å². The molecule has 106 heavy (non-hydrogen) atoms. The summed E-state index contributed by atoms with van der Waals surface area (Å²) in [5.41, 5.74) is 67.8. The fourth-order valence-corrected chi connectivity index (χ4v) is 11.2. The molecule has 28 heteroatoms. The number of nitrogens with two attached hydrogens (primary N) is 10. The van der Waals surface area contributed by atoms with Gasteiger partial charge in [-0.15, -0.1) is 0 Å². The number of amides is 6. The maximum Gasteiger partial charge on any atom is 0.254 e. The van der Waals surface area contributed by atoms with Gasteiger partial charge >= 0.3 is 0 Å². The minimum Gasteiger partial charge on any atom is -0.399 e. The van der Waals surface area contributed by atoms with Crippen molar-refractivity contribution in [2.24, 2.45) is 30.0 Å². The second-order valence-electron chi connectivity index (χ2n) is 25.4. The normalized spacial score (nSPS) is 12.1. The molecule has 2 aromatic heterocycles. The van der Waals surface area contributed by atoms with Crippen LogP contribution in [0.4, 0.5) is 68.2 Å². The molecule has 0 bridgehead atoms. The molecule has 28 nitrogen and oxygen atoms in total. The third-order valence-corrected chi connectivity index (χ3v) is 16.9. The number of aromatic nitrogens is 3. The fraction of sp³-hybridized carbons (Fsp3) is 0.308. The van der Waals surface area contributed by atoms with Gasteiger partial charge in [-0.1, -0.05) is 45.0 Å². The van der Waals surface area contributed by atoms with Gasteiger partial charge in [-0.2, -0.15) is 0 Å². The molecule has 1 saturated heterocycles. The number of nitrogens with zero attached hydrogens (tertiary/aromatic N) is 7. The average molecular weight is 1450 g/mol. The summed E-state index contributed by atoms with van der Waals surface area (Å²) >= 11 is 0. The van der Waals surface area contributed by atoms with Crippen LogP contribution in [0.3, 0.4) is 0 Å². The van der Waals surface area contributed by atoms with E-state index in [1.54, 1.807) is 114 Å². The first-order valence-electron chi connectivity index (χ1n) is 34.8. The standard InChI is InChI=1S/C16H14N4O.C15H21N5O.C13H21N3O.C13H18N2O2.C11H17N3O.C10H15N3O2/c17-11-6-7-13(12(9-11)16(18)21)20-14-5-1-3-10-4-2-8-19-15(10)14;1-19(2)13-5-4-11(16)10-12(13)15(21)18-7-6-14-17-8-9-20(14)3;1-3-7-16(8-4-2)12-6-5-10(14)9-11(12)13(15)17;1-9-4-5-10(14)7-12(9)13(17)15-6-2-3-11(15)8-16;1-3-7(2)14-10-5-4-8(12)6-9(10)11(13)15;1-13(4-5-14)9-3-2-7(11)6-8(9)10(12)15/h1-9,20H,17H2,(H2,18,21);4-5,8-10H,6-7,16H2,1-3H3,(H,18,21);5-6,9H,3-4,7-8,14H2,1-2H3,(H2,15,17);4-5,7,11,16H,2-3,6,8,14H2,1H3;4-7,14H,3,12H2,1-2H3,(H2,13,15);2-3,6,14H,4-5,11H2,1H3,(H2,12,15). The van der Waals surface area contributed by atoms with Gasteiger partial charge in [-0.05, 0) is 167 Å². The summed E-state index contributed by atoms with van der Waals surface area (Å²) in [6, 6.07) is 41.0. The number of aliphatic hydroxyl groups excluding tert-OH is 2. The maximum atomic E-state index is 12.3. The minimum absolute atomic E-state index is 0.0130. The van der Waals surface area contributed by atoms with Crippen LogP contribution in [0.2, 0.25) is 0 Å². The van der Waals surface area contributed by atoms with Crippen molar-refractivity contribution in [2.45, 2.75) is 85.2 Å². The van der Waals surface area contributed by atoms with E-state index in [1.165, 1.54) is 6.07 Å². The fourth-order valence-electron chi connectivity index (χ4n) is 11.2. The van der Waals surface area contributed by atoms with Crippen LogP contribution < -0.4 is 88.0 Å². The van der Waals surface area contributed by atoms with Crippen molar-refractivity contribution < 1.29 is 39.0 Å². The highest BCUT2D eigenvalue weighted by atomic mass is 16.3. The molecule has 566 valence electrons. The van der Waals surface area contributed by atoms with Gasteiger partial charge in [0.2, 0.25) is 0 Å². The lowest BCUT2D eigenvalue weighted by Crippen LogP contribution is -2.37. The Labute approximate surface area is 620 Å². The van der Waals surface area contributed by atoms with Crippen molar-refractivity contribution in [3.63, 3.8) is 0 Å². The molecule has 0 spiro atoms. The van der Waals surface area contributed by atoms with Gasteiger partial charge in [-0.25, -0.2) is 4.98 Å². The number of aryl methyl sites for hydroxylation is 2. The SMILES string of the molecule is CCC(C)Nc1ccc(N)cc1C(N)=O.CCCN(CCC)c1ccc(N)cc1C(N)=O.CN(C)c1ccc(N)cc1C(=O)NCCc1nccn1C.CN(CCO)c1ccc(N)cc1C(N)=O.Cc1ccc(N)cc1C(=O)N1CCCC1CO.NC(=O)c1cc(N)ccc1Nc1cccc2cccnc12. The lowest BCUT2D eigenvalue weighted by Gasteiger charge is -2.25. The molecule has 3 heterocycles. The molecule has 25 N–H and O–H groups in total. The number of carbonyl (C=O) groups excluding carboxylic acids is 6. The number of hydrogen-bond donors (Lipinski definition) is 15. The second kappa shape index (κ2) is 41.7. The monoisotopic (exact) mass is 1450 g/mol. The van der Waals surface area contributed by atoms with Crippen LogP contribution in [0, 0.1) is 6.92 Å². The number of nitrogen functional groups attached to an aromatic ring is 6. The number of primary amides is 4. The first kappa shape index (κ1) is 84.4. The van der Waals surface area contributed by atoms with E-state index < -0.39 is 23.6 Å². The van der Waals surface area contributed by atoms with E-state index in [2.05, 4.69) is 51.6 Å². The molecule has 9 aromatic rings. The van der Waals surface area contributed by atoms with Crippen molar-refractivity contribution in [1.29, 1.82) is 0 Å². The lowest BCUT2D eigenvalue weighted by atomic mass is 10.1. The Bertz CT molecular complexity index is 4400. The number of para-hydroxylation sites is 1. The lowest BCUT2D eigenvalue weighted by molar-refractivity contribution is 0.0676. The summed E-state index contributed by atoms with van der Waals surface area (Å²) in [6.07, 6.45) is 10.9. The first-order chi connectivity index (χ1) is 50.5. The molecule has 6 amide bonds. The summed E-state index contributed by atoms with van der Waals surface area (Å²) in [4.78, 5) is 86.1. The molecular formula is C78H106N20O8. The van der Waals surface area contributed by atoms with E-state index in [0.29, 0.717) is 104 Å². The third-order valence-electron chi connectivity index (χ3n) is 16.9. The molecular weight excluding hydrogens is 1340 g/mol. The van der Waals surface area contributed by atoms with Crippen molar-refractivity contribution in [1.82, 2.24) is 24.8 Å². The summed E-state index contributed by atoms with van der Waals surface area (Å²) in [6.45, 7) is 13.8. The predicted molar refractivity (Wildman–Crippen MR) is 430 cm³/mol. The Morgan fingerprint density at radius 3 is 1.60 bits per heavy atom. The Morgan fingerprint density at radius 2 is 1.08 bits per heavy atom. The number of anilines is 12. The number of pyridine rings is 1. The Balaban J connectivity index is 0.000000230. The van der Waals surface area contributed by atoms with Crippen LogP contribution in [-0.4, -0.2) is 144 Å².